The van der Waals surface area contributed by atoms with Crippen LogP contribution in [0.3, 0.4) is 0 Å². The lowest BCUT2D eigenvalue weighted by atomic mass is 10.1. The van der Waals surface area contributed by atoms with E-state index in [0.29, 0.717) is 20.6 Å². The minimum Gasteiger partial charge on any atom is -0.587 e. The predicted octanol–water partition coefficient (Wildman–Crippen LogP) is 5.61. The normalized spacial score (nSPS) is 12.4. The van der Waals surface area contributed by atoms with Crippen LogP contribution in [0.2, 0.25) is 0 Å². The number of carbonyl (C=O) groups excluding carboxylic acids is 1. The maximum Gasteiger partial charge on any atom is 0.219 e. The summed E-state index contributed by atoms with van der Waals surface area (Å²) in [6.07, 6.45) is 1.36. The van der Waals surface area contributed by atoms with E-state index in [1.165, 1.54) is 27.0 Å². The number of nitrogens with two attached hydrogens (primary N) is 1. The van der Waals surface area contributed by atoms with Gasteiger partial charge in [0.2, 0.25) is 5.78 Å². The number of aromatic amines is 1. The first-order valence-corrected chi connectivity index (χ1v) is 13.5. The number of hydrogen-bond donors (Lipinski definition) is 2. The Kier molecular flexibility index (Phi) is 5.86. The number of imidazole rings is 1. The molecule has 11 heteroatoms. The molecule has 3 N–H and O–H groups in total. The van der Waals surface area contributed by atoms with E-state index in [4.69, 9.17) is 5.73 Å². The number of benzene rings is 3. The second-order valence-corrected chi connectivity index (χ2v) is 11.2. The fraction of sp³-hybridized carbons (Fsp3) is 0.0741. The van der Waals surface area contributed by atoms with Gasteiger partial charge in [-0.2, -0.15) is 9.07 Å². The van der Waals surface area contributed by atoms with Gasteiger partial charge in [0, 0.05) is 9.86 Å². The van der Waals surface area contributed by atoms with Crippen LogP contribution in [-0.2, 0) is 11.4 Å². The Labute approximate surface area is 227 Å². The highest BCUT2D eigenvalue weighted by atomic mass is 79.9. The fourth-order valence-corrected chi connectivity index (χ4v) is 6.08. The van der Waals surface area contributed by atoms with Gasteiger partial charge in [0.25, 0.3) is 0 Å². The number of carbonyl (C=O) groups is 1. The van der Waals surface area contributed by atoms with E-state index in [9.17, 15) is 13.7 Å². The molecule has 0 amide bonds. The van der Waals surface area contributed by atoms with Crippen molar-refractivity contribution < 1.29 is 13.7 Å². The zero-order chi connectivity index (χ0) is 26.7. The SMILES string of the molecule is Cc1ccc([S+]([O-])n2c(C(=O)c3cnn(-c4ccc5[nH]c(C)nc5c4)c3N)cc3c(F)cc(Br)cc32)cc1. The van der Waals surface area contributed by atoms with Gasteiger partial charge in [-0.05, 0) is 62.4 Å². The van der Waals surface area contributed by atoms with E-state index in [2.05, 4.69) is 31.0 Å². The van der Waals surface area contributed by atoms with Crippen molar-refractivity contribution in [2.24, 2.45) is 0 Å². The number of nitrogens with one attached hydrogen (secondary N) is 1. The molecule has 0 saturated heterocycles. The van der Waals surface area contributed by atoms with E-state index < -0.39 is 23.0 Å². The molecule has 8 nitrogen and oxygen atoms in total. The summed E-state index contributed by atoms with van der Waals surface area (Å²) in [5.41, 5.74) is 10.1. The number of nitrogen functional groups attached to an aromatic ring is 1. The van der Waals surface area contributed by atoms with Crippen molar-refractivity contribution in [3.8, 4) is 5.69 Å². The summed E-state index contributed by atoms with van der Waals surface area (Å²) in [6, 6.07) is 16.9. The summed E-state index contributed by atoms with van der Waals surface area (Å²) < 4.78 is 32.0. The number of hydrogen-bond acceptors (Lipinski definition) is 5. The maximum absolute atomic E-state index is 15.0. The number of anilines is 1. The molecule has 6 rings (SSSR count). The molecular weight excluding hydrogens is 571 g/mol. The molecule has 0 aliphatic rings. The molecule has 38 heavy (non-hydrogen) atoms. The smallest absolute Gasteiger partial charge is 0.219 e. The highest BCUT2D eigenvalue weighted by Gasteiger charge is 2.30. The van der Waals surface area contributed by atoms with Crippen molar-refractivity contribution in [2.45, 2.75) is 18.7 Å². The standard InChI is InChI=1S/C27H20BrFN6O2S/c1-14-3-6-18(7-4-14)38(37)35-24-10-16(28)9-21(29)19(24)12-25(35)26(36)20-13-31-34(27(20)30)17-5-8-22-23(11-17)33-15(2)32-22/h3-13H,30H2,1-2H3,(H,32,33). The largest absolute Gasteiger partial charge is 0.587 e. The van der Waals surface area contributed by atoms with Crippen LogP contribution in [-0.4, -0.2) is 34.1 Å². The van der Waals surface area contributed by atoms with Gasteiger partial charge >= 0.3 is 0 Å². The predicted molar refractivity (Wildman–Crippen MR) is 148 cm³/mol. The van der Waals surface area contributed by atoms with Crippen molar-refractivity contribution >= 4 is 60.8 Å². The van der Waals surface area contributed by atoms with Gasteiger partial charge < -0.3 is 15.3 Å². The molecule has 0 fully saturated rings. The Balaban J connectivity index is 1.49. The molecule has 0 saturated carbocycles. The minimum absolute atomic E-state index is 0.0283. The van der Waals surface area contributed by atoms with Gasteiger partial charge in [0.05, 0.1) is 28.5 Å². The number of H-pyrrole nitrogens is 1. The number of ketones is 1. The lowest BCUT2D eigenvalue weighted by molar-refractivity contribution is 0.103. The van der Waals surface area contributed by atoms with Crippen LogP contribution in [0.15, 0.2) is 76.2 Å². The van der Waals surface area contributed by atoms with Crippen LogP contribution < -0.4 is 5.73 Å². The van der Waals surface area contributed by atoms with Crippen LogP contribution >= 0.6 is 15.9 Å². The molecule has 1 unspecified atom stereocenters. The van der Waals surface area contributed by atoms with Gasteiger partial charge in [-0.25, -0.2) is 14.1 Å². The molecule has 0 aliphatic carbocycles. The first-order chi connectivity index (χ1) is 18.2. The zero-order valence-electron chi connectivity index (χ0n) is 20.2. The van der Waals surface area contributed by atoms with Crippen molar-refractivity contribution in [2.75, 3.05) is 5.73 Å². The first-order valence-electron chi connectivity index (χ1n) is 11.6. The number of rotatable bonds is 5. The highest BCUT2D eigenvalue weighted by molar-refractivity contribution is 9.10. The molecular formula is C27H20BrFN6O2S. The summed E-state index contributed by atoms with van der Waals surface area (Å²) in [4.78, 5) is 21.9. The number of halogens is 2. The lowest BCUT2D eigenvalue weighted by Gasteiger charge is -2.14. The molecule has 3 aromatic heterocycles. The summed E-state index contributed by atoms with van der Waals surface area (Å²) in [5.74, 6) is -0.206. The van der Waals surface area contributed by atoms with Crippen LogP contribution in [0.4, 0.5) is 10.2 Å². The van der Waals surface area contributed by atoms with Gasteiger partial charge in [0.15, 0.2) is 4.90 Å². The molecule has 1 atom stereocenters. The molecule has 190 valence electrons. The van der Waals surface area contributed by atoms with E-state index in [0.717, 1.165) is 22.4 Å². The second kappa shape index (κ2) is 9.12. The molecule has 0 aliphatic heterocycles. The number of fused-ring (bicyclic) bond motifs is 2. The monoisotopic (exact) mass is 590 g/mol. The van der Waals surface area contributed by atoms with Crippen molar-refractivity contribution in [3.63, 3.8) is 0 Å². The third-order valence-corrected chi connectivity index (χ3v) is 8.15. The summed E-state index contributed by atoms with van der Waals surface area (Å²) in [7, 11) is 0. The van der Waals surface area contributed by atoms with Crippen LogP contribution in [0.5, 0.6) is 0 Å². The third kappa shape index (κ3) is 3.99. The Morgan fingerprint density at radius 2 is 1.87 bits per heavy atom. The van der Waals surface area contributed by atoms with E-state index in [1.807, 2.05) is 44.2 Å². The third-order valence-electron chi connectivity index (χ3n) is 6.29. The summed E-state index contributed by atoms with van der Waals surface area (Å²) >= 11 is 1.46. The Morgan fingerprint density at radius 1 is 1.11 bits per heavy atom. The molecule has 0 bridgehead atoms. The van der Waals surface area contributed by atoms with E-state index in [-0.39, 0.29) is 22.5 Å². The molecule has 3 heterocycles. The van der Waals surface area contributed by atoms with Crippen LogP contribution in [0.1, 0.15) is 27.4 Å². The molecule has 3 aromatic carbocycles. The van der Waals surface area contributed by atoms with Crippen molar-refractivity contribution in [1.82, 2.24) is 23.7 Å². The highest BCUT2D eigenvalue weighted by Crippen LogP contribution is 2.32. The molecule has 0 spiro atoms. The average molecular weight is 591 g/mol. The molecule has 6 aromatic rings. The van der Waals surface area contributed by atoms with Crippen LogP contribution in [0.25, 0.3) is 27.6 Å². The zero-order valence-corrected chi connectivity index (χ0v) is 22.6. The Hall–Kier alpha value is -3.93. The quantitative estimate of drug-likeness (QED) is 0.200. The fourth-order valence-electron chi connectivity index (χ4n) is 4.43. The van der Waals surface area contributed by atoms with Gasteiger partial charge in [-0.15, -0.1) is 0 Å². The van der Waals surface area contributed by atoms with E-state index >= 15 is 0 Å². The van der Waals surface area contributed by atoms with E-state index in [1.54, 1.807) is 18.2 Å². The van der Waals surface area contributed by atoms with Gasteiger partial charge in [-0.3, -0.25) is 4.79 Å². The second-order valence-electron chi connectivity index (χ2n) is 8.91. The lowest BCUT2D eigenvalue weighted by Crippen LogP contribution is -2.19. The topological polar surface area (TPSA) is 118 Å². The van der Waals surface area contributed by atoms with Crippen molar-refractivity contribution in [3.05, 3.63) is 99.8 Å². The number of aromatic nitrogens is 5. The molecule has 0 radical (unpaired) electrons. The van der Waals surface area contributed by atoms with Crippen LogP contribution in [0, 0.1) is 19.7 Å². The van der Waals surface area contributed by atoms with Crippen molar-refractivity contribution in [1.29, 1.82) is 0 Å². The van der Waals surface area contributed by atoms with Gasteiger partial charge in [0.1, 0.15) is 40.0 Å². The summed E-state index contributed by atoms with van der Waals surface area (Å²) in [6.45, 7) is 3.78. The first kappa shape index (κ1) is 24.4. The minimum atomic E-state index is -1.84. The van der Waals surface area contributed by atoms with Gasteiger partial charge in [-0.1, -0.05) is 33.6 Å². The maximum atomic E-state index is 15.0. The number of nitrogens with zero attached hydrogens (tertiary/aromatic N) is 4. The Morgan fingerprint density at radius 3 is 2.63 bits per heavy atom. The number of aryl methyl sites for hydroxylation is 2. The summed E-state index contributed by atoms with van der Waals surface area (Å²) in [5, 5.41) is 4.51. The Bertz CT molecular complexity index is 1870. The average Bonchev–Trinajstić information content (AvgIpc) is 3.57.